The number of hydrogen-bond donors (Lipinski definition) is 1. The fourth-order valence-corrected chi connectivity index (χ4v) is 8.84. The first kappa shape index (κ1) is 44.5. The Bertz CT molecular complexity index is 2330. The molecule has 3 aromatic heterocycles. The molecule has 0 radical (unpaired) electrons. The average Bonchev–Trinajstić information content (AvgIpc) is 3.94. The number of carbonyl (C=O) groups excluding carboxylic acids is 4. The summed E-state index contributed by atoms with van der Waals surface area (Å²) in [5.74, 6) is -1.30. The monoisotopic (exact) mass is 795 g/mol. The number of rotatable bonds is 15. The van der Waals surface area contributed by atoms with Gasteiger partial charge in [-0.1, -0.05) is 106 Å². The number of methoxy groups -OCH3 is 1. The molecule has 0 saturated carbocycles. The molecule has 3 aromatic rings. The van der Waals surface area contributed by atoms with Crippen LogP contribution in [0.2, 0.25) is 0 Å². The summed E-state index contributed by atoms with van der Waals surface area (Å²) in [6.45, 7) is 18.7. The Balaban J connectivity index is 0.00000641. The summed E-state index contributed by atoms with van der Waals surface area (Å²) in [7, 11) is 1.26. The molecule has 0 spiro atoms. The van der Waals surface area contributed by atoms with Crippen LogP contribution in [-0.2, 0) is 25.5 Å². The van der Waals surface area contributed by atoms with E-state index in [0.717, 1.165) is 41.5 Å². The Morgan fingerprint density at radius 1 is 1.00 bits per heavy atom. The van der Waals surface area contributed by atoms with E-state index in [0.29, 0.717) is 74.5 Å². The number of allylic oxidation sites excluding steroid dienone is 2. The van der Waals surface area contributed by atoms with Crippen molar-refractivity contribution in [1.82, 2.24) is 15.0 Å². The van der Waals surface area contributed by atoms with Gasteiger partial charge < -0.3 is 29.7 Å². The third-order valence-corrected chi connectivity index (χ3v) is 12.1. The van der Waals surface area contributed by atoms with Crippen molar-refractivity contribution in [3.05, 3.63) is 102 Å². The van der Waals surface area contributed by atoms with Gasteiger partial charge in [-0.2, -0.15) is 5.70 Å². The van der Waals surface area contributed by atoms with Gasteiger partial charge >= 0.3 is 35.0 Å². The molecule has 0 amide bonds. The van der Waals surface area contributed by atoms with Crippen LogP contribution in [0, 0.1) is 31.6 Å². The fraction of sp³-hybridized carbons (Fsp3) is 0.447. The SMILES string of the molecule is C=Cc1c2[n-]c(c1C)/C=C1\[N-]C(C3=C(C(=O)OC)C(=O)c4c3[n-]c(c4C)/C=c3\[nH]/c(c(C=O)c3CC)=C\2)[C@@H](CCC(=O)OC/C=C(\C)CCC[C@H](C)CCC)[C@@H]1C.[Mg+2]. The van der Waals surface area contributed by atoms with Gasteiger partial charge in [-0.15, -0.1) is 22.8 Å². The van der Waals surface area contributed by atoms with E-state index in [4.69, 9.17) is 24.8 Å². The van der Waals surface area contributed by atoms with E-state index in [1.165, 1.54) is 31.9 Å². The van der Waals surface area contributed by atoms with Crippen molar-refractivity contribution in [2.75, 3.05) is 13.7 Å². The van der Waals surface area contributed by atoms with Crippen molar-refractivity contribution >= 4 is 76.9 Å². The van der Waals surface area contributed by atoms with Gasteiger partial charge in [0.05, 0.1) is 7.11 Å². The average molecular weight is 796 g/mol. The van der Waals surface area contributed by atoms with E-state index in [1.807, 2.05) is 45.1 Å². The maximum Gasteiger partial charge on any atom is 2.00 e. The van der Waals surface area contributed by atoms with Crippen LogP contribution in [0.1, 0.15) is 145 Å². The maximum atomic E-state index is 14.3. The fourth-order valence-electron chi connectivity index (χ4n) is 8.84. The Morgan fingerprint density at radius 3 is 2.40 bits per heavy atom. The van der Waals surface area contributed by atoms with Gasteiger partial charge in [-0.25, -0.2) is 4.79 Å². The molecule has 5 heterocycles. The van der Waals surface area contributed by atoms with E-state index >= 15 is 0 Å². The zero-order valence-corrected chi connectivity index (χ0v) is 36.8. The normalized spacial score (nSPS) is 20.8. The molecule has 1 fully saturated rings. The van der Waals surface area contributed by atoms with E-state index in [-0.39, 0.29) is 59.5 Å². The number of fused-ring (bicyclic) bond motifs is 8. The van der Waals surface area contributed by atoms with Crippen molar-refractivity contribution in [3.63, 3.8) is 0 Å². The molecule has 1 aliphatic carbocycles. The summed E-state index contributed by atoms with van der Waals surface area (Å²) in [6.07, 6.45) is 17.1. The molecular weight excluding hydrogens is 741 g/mol. The molecular formula is C47H55MgN4O6-. The van der Waals surface area contributed by atoms with Crippen LogP contribution in [-0.4, -0.2) is 71.8 Å². The van der Waals surface area contributed by atoms with Crippen LogP contribution < -0.4 is 20.7 Å². The van der Waals surface area contributed by atoms with Crippen LogP contribution in [0.3, 0.4) is 0 Å². The molecule has 4 atom stereocenters. The molecule has 1 N–H and O–H groups in total. The summed E-state index contributed by atoms with van der Waals surface area (Å²) in [4.78, 5) is 67.0. The third kappa shape index (κ3) is 8.57. The number of ketones is 1. The number of esters is 2. The summed E-state index contributed by atoms with van der Waals surface area (Å²) in [6, 6.07) is -0.684. The van der Waals surface area contributed by atoms with Gasteiger partial charge in [-0.05, 0) is 81.4 Å². The predicted octanol–water partition coefficient (Wildman–Crippen LogP) is 7.20. The minimum Gasteiger partial charge on any atom is -0.681 e. The number of ether oxygens (including phenoxy) is 2. The number of nitrogens with one attached hydrogen (secondary N) is 1. The van der Waals surface area contributed by atoms with Crippen LogP contribution in [0.25, 0.3) is 35.2 Å². The number of nitrogens with zero attached hydrogens (tertiary/aromatic N) is 3. The van der Waals surface area contributed by atoms with Crippen molar-refractivity contribution in [3.8, 4) is 0 Å². The van der Waals surface area contributed by atoms with Crippen LogP contribution in [0.4, 0.5) is 0 Å². The molecule has 3 aliphatic rings. The first-order valence-corrected chi connectivity index (χ1v) is 20.3. The van der Waals surface area contributed by atoms with E-state index < -0.39 is 17.8 Å². The third-order valence-electron chi connectivity index (χ3n) is 12.1. The minimum atomic E-state index is -0.755. The summed E-state index contributed by atoms with van der Waals surface area (Å²) in [5.41, 5.74) is 8.52. The molecule has 11 heteroatoms. The molecule has 58 heavy (non-hydrogen) atoms. The Hall–Kier alpha value is -4.61. The molecule has 2 aliphatic heterocycles. The molecule has 10 nitrogen and oxygen atoms in total. The number of aromatic amines is 1. The van der Waals surface area contributed by atoms with Crippen LogP contribution in [0.5, 0.6) is 0 Å². The Labute approximate surface area is 357 Å². The van der Waals surface area contributed by atoms with E-state index in [2.05, 4.69) is 39.3 Å². The topological polar surface area (TPSA) is 145 Å². The van der Waals surface area contributed by atoms with Crippen LogP contribution >= 0.6 is 0 Å². The molecule has 6 rings (SSSR count). The predicted molar refractivity (Wildman–Crippen MR) is 230 cm³/mol. The maximum absolute atomic E-state index is 14.3. The summed E-state index contributed by atoms with van der Waals surface area (Å²) in [5, 5.41) is 6.54. The van der Waals surface area contributed by atoms with Crippen molar-refractivity contribution in [1.29, 1.82) is 0 Å². The van der Waals surface area contributed by atoms with Crippen molar-refractivity contribution in [2.45, 2.75) is 106 Å². The Kier molecular flexibility index (Phi) is 14.6. The second-order valence-electron chi connectivity index (χ2n) is 15.8. The molecule has 302 valence electrons. The van der Waals surface area contributed by atoms with E-state index in [1.54, 1.807) is 6.08 Å². The summed E-state index contributed by atoms with van der Waals surface area (Å²) < 4.78 is 10.9. The number of aromatic nitrogens is 3. The quantitative estimate of drug-likeness (QED) is 0.0559. The largest absolute Gasteiger partial charge is 2.00 e. The van der Waals surface area contributed by atoms with Gasteiger partial charge in [0.25, 0.3) is 0 Å². The summed E-state index contributed by atoms with van der Waals surface area (Å²) >= 11 is 0. The molecule has 8 bridgehead atoms. The van der Waals surface area contributed by atoms with Crippen molar-refractivity contribution < 1.29 is 28.7 Å². The van der Waals surface area contributed by atoms with Crippen LogP contribution in [0.15, 0.2) is 29.5 Å². The first-order valence-electron chi connectivity index (χ1n) is 20.3. The second kappa shape index (κ2) is 19.0. The van der Waals surface area contributed by atoms with Crippen molar-refractivity contribution in [2.24, 2.45) is 17.8 Å². The smallest absolute Gasteiger partial charge is 0.681 e. The Morgan fingerprint density at radius 2 is 1.72 bits per heavy atom. The van der Waals surface area contributed by atoms with E-state index in [9.17, 15) is 19.2 Å². The zero-order valence-electron chi connectivity index (χ0n) is 35.3. The number of H-pyrrole nitrogens is 1. The van der Waals surface area contributed by atoms with Gasteiger partial charge in [-0.3, -0.25) is 14.4 Å². The zero-order chi connectivity index (χ0) is 41.1. The molecule has 1 saturated heterocycles. The van der Waals surface area contributed by atoms with Gasteiger partial charge in [0.1, 0.15) is 12.2 Å². The van der Waals surface area contributed by atoms with Gasteiger partial charge in [0.15, 0.2) is 12.1 Å². The van der Waals surface area contributed by atoms with Gasteiger partial charge in [0.2, 0.25) is 0 Å². The number of carbonyl (C=O) groups is 4. The molecule has 0 aromatic carbocycles. The number of hydrogen-bond acceptors (Lipinski definition) is 6. The second-order valence-corrected chi connectivity index (χ2v) is 15.8. The first-order chi connectivity index (χ1) is 27.4. The molecule has 1 unspecified atom stereocenters. The minimum absolute atomic E-state index is 0. The standard InChI is InChI=1S/C47H57N4O6.Mg/c1-10-14-25(4)15-13-16-26(5)19-20-57-40(53)18-17-32-28(7)35-21-34-27(6)30(11-2)37(48-34)23-39-33(24-52)31(12-3)38(49-39)22-36-29(8)41-45(51-36)42(44(32)50-35)43(46(41)54)47(55)56-9;/h11,19,21-25,28,32,44H,2,10,12-18,20H2,1,3-9H3,(H3-,48,49,50,51,52,54,55);/q-1;+2/p-2/b26-19+;/t25-,28+,32+,44?;/m1./s1. The van der Waals surface area contributed by atoms with Gasteiger partial charge in [0, 0.05) is 28.2 Å². The number of Topliss-reactive ketones (excluding diaryl/α,β-unsaturated/α-hetero) is 1. The number of aldehydes is 1.